The Morgan fingerprint density at radius 3 is 2.38 bits per heavy atom. The van der Waals surface area contributed by atoms with Crippen molar-refractivity contribution in [3.8, 4) is 0 Å². The molecular weight excluding hydrogens is 270 g/mol. The van der Waals surface area contributed by atoms with E-state index in [1.807, 2.05) is 0 Å². The highest BCUT2D eigenvalue weighted by Gasteiger charge is 2.35. The first-order chi connectivity index (χ1) is 10.1. The van der Waals surface area contributed by atoms with Gasteiger partial charge in [0.15, 0.2) is 0 Å². The van der Waals surface area contributed by atoms with E-state index in [0.29, 0.717) is 19.6 Å². The number of aliphatic hydroxyl groups excluding tert-OH is 1. The summed E-state index contributed by atoms with van der Waals surface area (Å²) in [6.07, 6.45) is 4.85. The van der Waals surface area contributed by atoms with E-state index >= 15 is 0 Å². The normalized spacial score (nSPS) is 27.4. The van der Waals surface area contributed by atoms with Crippen molar-refractivity contribution in [2.75, 3.05) is 39.3 Å². The lowest BCUT2D eigenvalue weighted by Crippen LogP contribution is -2.42. The van der Waals surface area contributed by atoms with Crippen LogP contribution in [0.5, 0.6) is 0 Å². The smallest absolute Gasteiger partial charge is 0.236 e. The number of nitrogens with zero attached hydrogens (tertiary/aromatic N) is 2. The van der Waals surface area contributed by atoms with Crippen molar-refractivity contribution in [3.05, 3.63) is 0 Å². The number of hydrogen-bond donors (Lipinski definition) is 2. The molecule has 6 heteroatoms. The van der Waals surface area contributed by atoms with Crippen LogP contribution < -0.4 is 5.32 Å². The molecule has 120 valence electrons. The summed E-state index contributed by atoms with van der Waals surface area (Å²) in [5.74, 6) is -0.0505. The number of carbonyl (C=O) groups excluding carboxylic acids is 2. The number of aliphatic hydroxyl groups is 1. The Kier molecular flexibility index (Phi) is 5.99. The fourth-order valence-corrected chi connectivity index (χ4v) is 3.27. The molecule has 2 atom stereocenters. The first-order valence-corrected chi connectivity index (χ1v) is 7.98. The zero-order chi connectivity index (χ0) is 15.2. The monoisotopic (exact) mass is 297 g/mol. The molecule has 0 aliphatic carbocycles. The van der Waals surface area contributed by atoms with E-state index in [1.165, 1.54) is 32.6 Å². The van der Waals surface area contributed by atoms with Gasteiger partial charge in [-0.3, -0.25) is 14.5 Å². The maximum absolute atomic E-state index is 12.4. The average molecular weight is 297 g/mol. The van der Waals surface area contributed by atoms with Crippen molar-refractivity contribution in [1.29, 1.82) is 0 Å². The Bertz CT molecular complexity index is 367. The third-order valence-corrected chi connectivity index (χ3v) is 4.47. The van der Waals surface area contributed by atoms with Crippen molar-refractivity contribution in [1.82, 2.24) is 15.1 Å². The minimum absolute atomic E-state index is 0.00155. The minimum Gasteiger partial charge on any atom is -0.396 e. The number of rotatable bonds is 4. The summed E-state index contributed by atoms with van der Waals surface area (Å²) in [4.78, 5) is 27.6. The van der Waals surface area contributed by atoms with Gasteiger partial charge in [-0.1, -0.05) is 12.8 Å². The van der Waals surface area contributed by atoms with Gasteiger partial charge in [0.1, 0.15) is 0 Å². The molecule has 21 heavy (non-hydrogen) atoms. The lowest BCUT2D eigenvalue weighted by molar-refractivity contribution is -0.131. The van der Waals surface area contributed by atoms with Crippen LogP contribution in [0.3, 0.4) is 0 Å². The van der Waals surface area contributed by atoms with Crippen molar-refractivity contribution in [2.24, 2.45) is 5.92 Å². The summed E-state index contributed by atoms with van der Waals surface area (Å²) in [7, 11) is 0. The Morgan fingerprint density at radius 2 is 1.81 bits per heavy atom. The van der Waals surface area contributed by atoms with Crippen molar-refractivity contribution in [2.45, 2.75) is 38.6 Å². The van der Waals surface area contributed by atoms with Crippen LogP contribution in [0.4, 0.5) is 0 Å². The number of hydrogen-bond acceptors (Lipinski definition) is 4. The number of nitrogens with one attached hydrogen (secondary N) is 1. The highest BCUT2D eigenvalue weighted by Crippen LogP contribution is 2.18. The third kappa shape index (κ3) is 4.68. The van der Waals surface area contributed by atoms with Crippen LogP contribution in [0, 0.1) is 5.92 Å². The van der Waals surface area contributed by atoms with Crippen LogP contribution in [-0.4, -0.2) is 72.1 Å². The van der Waals surface area contributed by atoms with Crippen LogP contribution in [-0.2, 0) is 9.59 Å². The second-order valence-corrected chi connectivity index (χ2v) is 6.24. The predicted molar refractivity (Wildman–Crippen MR) is 79.7 cm³/mol. The molecule has 2 rings (SSSR count). The minimum atomic E-state index is -0.124. The maximum Gasteiger partial charge on any atom is 0.236 e. The molecule has 6 nitrogen and oxygen atoms in total. The average Bonchev–Trinajstić information content (AvgIpc) is 2.66. The zero-order valence-electron chi connectivity index (χ0n) is 12.9. The zero-order valence-corrected chi connectivity index (χ0v) is 12.9. The Hall–Kier alpha value is -1.14. The highest BCUT2D eigenvalue weighted by atomic mass is 16.3. The predicted octanol–water partition coefficient (Wildman–Crippen LogP) is -0.182. The highest BCUT2D eigenvalue weighted by molar-refractivity contribution is 5.79. The van der Waals surface area contributed by atoms with E-state index < -0.39 is 0 Å². The van der Waals surface area contributed by atoms with Crippen LogP contribution in [0.25, 0.3) is 0 Å². The number of likely N-dealkylation sites (tertiary alicyclic amines) is 2. The van der Waals surface area contributed by atoms with Gasteiger partial charge < -0.3 is 15.3 Å². The fraction of sp³-hybridized carbons (Fsp3) is 0.867. The summed E-state index contributed by atoms with van der Waals surface area (Å²) in [6.45, 7) is 4.97. The molecule has 0 aromatic rings. The summed E-state index contributed by atoms with van der Waals surface area (Å²) in [5.41, 5.74) is 0. The lowest BCUT2D eigenvalue weighted by Gasteiger charge is -2.23. The molecule has 0 unspecified atom stereocenters. The van der Waals surface area contributed by atoms with Gasteiger partial charge in [0, 0.05) is 32.5 Å². The van der Waals surface area contributed by atoms with Gasteiger partial charge in [-0.05, 0) is 25.9 Å². The van der Waals surface area contributed by atoms with Gasteiger partial charge in [0.05, 0.1) is 12.6 Å². The topological polar surface area (TPSA) is 72.9 Å². The molecule has 2 aliphatic heterocycles. The second-order valence-electron chi connectivity index (χ2n) is 6.24. The van der Waals surface area contributed by atoms with Crippen molar-refractivity contribution >= 4 is 11.8 Å². The van der Waals surface area contributed by atoms with E-state index in [9.17, 15) is 14.7 Å². The summed E-state index contributed by atoms with van der Waals surface area (Å²) in [5, 5.41) is 12.2. The van der Waals surface area contributed by atoms with Gasteiger partial charge in [0.2, 0.25) is 11.8 Å². The Balaban J connectivity index is 1.86. The molecule has 0 saturated carbocycles. The number of carbonyl (C=O) groups is 2. The molecule has 2 saturated heterocycles. The standard InChI is InChI=1S/C15H27N3O3/c1-12(20)16-14-9-18(8-13(14)11-19)15(21)10-17-6-4-2-3-5-7-17/h13-14,19H,2-11H2,1H3,(H,16,20)/t13-,14+/m0/s1. The first-order valence-electron chi connectivity index (χ1n) is 7.98. The molecule has 0 spiro atoms. The van der Waals surface area contributed by atoms with Crippen LogP contribution in [0.2, 0.25) is 0 Å². The largest absolute Gasteiger partial charge is 0.396 e. The summed E-state index contributed by atoms with van der Waals surface area (Å²) in [6, 6.07) is -0.124. The van der Waals surface area contributed by atoms with Crippen molar-refractivity contribution in [3.63, 3.8) is 0 Å². The summed E-state index contributed by atoms with van der Waals surface area (Å²) >= 11 is 0. The quantitative estimate of drug-likeness (QED) is 0.755. The molecule has 2 heterocycles. The van der Waals surface area contributed by atoms with Gasteiger partial charge in [-0.2, -0.15) is 0 Å². The van der Waals surface area contributed by atoms with E-state index in [2.05, 4.69) is 10.2 Å². The molecule has 0 radical (unpaired) electrons. The van der Waals surface area contributed by atoms with Crippen LogP contribution >= 0.6 is 0 Å². The Labute approximate surface area is 126 Å². The second kappa shape index (κ2) is 7.75. The maximum atomic E-state index is 12.4. The SMILES string of the molecule is CC(=O)N[C@@H]1CN(C(=O)CN2CCCCCC2)C[C@H]1CO. The van der Waals surface area contributed by atoms with Crippen LogP contribution in [0.15, 0.2) is 0 Å². The molecule has 0 aromatic carbocycles. The van der Waals surface area contributed by atoms with E-state index in [4.69, 9.17) is 0 Å². The molecule has 2 N–H and O–H groups in total. The van der Waals surface area contributed by atoms with Gasteiger partial charge in [-0.25, -0.2) is 0 Å². The molecule has 2 aliphatic rings. The van der Waals surface area contributed by atoms with Gasteiger partial charge in [0.25, 0.3) is 0 Å². The molecule has 2 amide bonds. The van der Waals surface area contributed by atoms with Gasteiger partial charge >= 0.3 is 0 Å². The molecular formula is C15H27N3O3. The molecule has 0 aromatic heterocycles. The Morgan fingerprint density at radius 1 is 1.14 bits per heavy atom. The van der Waals surface area contributed by atoms with Crippen molar-refractivity contribution < 1.29 is 14.7 Å². The number of amides is 2. The molecule has 0 bridgehead atoms. The van der Waals surface area contributed by atoms with Crippen LogP contribution in [0.1, 0.15) is 32.6 Å². The molecule has 2 fully saturated rings. The third-order valence-electron chi connectivity index (χ3n) is 4.47. The van der Waals surface area contributed by atoms with E-state index in [-0.39, 0.29) is 30.4 Å². The van der Waals surface area contributed by atoms with E-state index in [0.717, 1.165) is 13.1 Å². The summed E-state index contributed by atoms with van der Waals surface area (Å²) < 4.78 is 0. The first kappa shape index (κ1) is 16.2. The fourth-order valence-electron chi connectivity index (χ4n) is 3.27. The lowest BCUT2D eigenvalue weighted by atomic mass is 10.1. The van der Waals surface area contributed by atoms with Gasteiger partial charge in [-0.15, -0.1) is 0 Å². The van der Waals surface area contributed by atoms with E-state index in [1.54, 1.807) is 4.90 Å².